The molecule has 0 aliphatic carbocycles. The first-order valence-electron chi connectivity index (χ1n) is 9.39. The Morgan fingerprint density at radius 1 is 1.03 bits per heavy atom. The van der Waals surface area contributed by atoms with Gasteiger partial charge in [0.1, 0.15) is 18.1 Å². The minimum atomic E-state index is -1.61. The van der Waals surface area contributed by atoms with E-state index in [9.17, 15) is 24.0 Å². The van der Waals surface area contributed by atoms with Crippen LogP contribution in [0.25, 0.3) is 0 Å². The maximum absolute atomic E-state index is 12.8. The second-order valence-corrected chi connectivity index (χ2v) is 7.07. The van der Waals surface area contributed by atoms with Crippen molar-refractivity contribution in [2.75, 3.05) is 12.4 Å². The van der Waals surface area contributed by atoms with E-state index < -0.39 is 66.9 Å². The number of carbonyl (C=O) groups is 5. The number of thiol groups is 1. The summed E-state index contributed by atoms with van der Waals surface area (Å²) in [5, 5.41) is 33.9. The van der Waals surface area contributed by atoms with Gasteiger partial charge < -0.3 is 42.0 Å². The molecule has 0 bridgehead atoms. The van der Waals surface area contributed by atoms with Gasteiger partial charge in [-0.3, -0.25) is 19.2 Å². The first-order chi connectivity index (χ1) is 15.1. The van der Waals surface area contributed by atoms with Crippen molar-refractivity contribution in [1.29, 1.82) is 0 Å². The summed E-state index contributed by atoms with van der Waals surface area (Å²) in [5.41, 5.74) is 5.99. The van der Waals surface area contributed by atoms with Gasteiger partial charge in [-0.15, -0.1) is 0 Å². The van der Waals surface area contributed by atoms with E-state index in [1.165, 1.54) is 12.5 Å². The number of aliphatic hydroxyl groups excluding tert-OH is 1. The number of carboxylic acid groups (broad SMARTS) is 2. The highest BCUT2D eigenvalue weighted by atomic mass is 32.1. The number of aliphatic hydroxyl groups is 1. The summed E-state index contributed by atoms with van der Waals surface area (Å²) >= 11 is 3.89. The summed E-state index contributed by atoms with van der Waals surface area (Å²) in [6.07, 6.45) is 1.82. The van der Waals surface area contributed by atoms with Crippen molar-refractivity contribution in [1.82, 2.24) is 25.9 Å². The van der Waals surface area contributed by atoms with Gasteiger partial charge in [-0.25, -0.2) is 9.78 Å². The highest BCUT2D eigenvalue weighted by molar-refractivity contribution is 7.80. The van der Waals surface area contributed by atoms with Crippen LogP contribution in [0.1, 0.15) is 18.5 Å². The van der Waals surface area contributed by atoms with E-state index in [1.807, 2.05) is 0 Å². The van der Waals surface area contributed by atoms with Crippen molar-refractivity contribution in [3.8, 4) is 0 Å². The molecule has 1 rings (SSSR count). The molecule has 15 heteroatoms. The normalized spacial score (nSPS) is 14.5. The van der Waals surface area contributed by atoms with E-state index in [-0.39, 0.29) is 18.6 Å². The van der Waals surface area contributed by atoms with Gasteiger partial charge in [-0.1, -0.05) is 0 Å². The number of amides is 3. The summed E-state index contributed by atoms with van der Waals surface area (Å²) in [6.45, 7) is -0.884. The molecule has 0 saturated carbocycles. The smallest absolute Gasteiger partial charge is 0.328 e. The Kier molecular flexibility index (Phi) is 11.2. The number of rotatable bonds is 14. The molecule has 3 amide bonds. The minimum Gasteiger partial charge on any atom is -0.481 e. The van der Waals surface area contributed by atoms with Gasteiger partial charge in [0.05, 0.1) is 19.0 Å². The lowest BCUT2D eigenvalue weighted by atomic mass is 10.1. The fourth-order valence-electron chi connectivity index (χ4n) is 2.45. The molecule has 0 fully saturated rings. The van der Waals surface area contributed by atoms with E-state index in [4.69, 9.17) is 21.1 Å². The number of carboxylic acids is 2. The molecular formula is C17H26N6O8S. The highest BCUT2D eigenvalue weighted by Crippen LogP contribution is 2.04. The van der Waals surface area contributed by atoms with Crippen LogP contribution in [0.3, 0.4) is 0 Å². The third kappa shape index (κ3) is 8.91. The van der Waals surface area contributed by atoms with Crippen LogP contribution >= 0.6 is 12.6 Å². The average molecular weight is 474 g/mol. The summed E-state index contributed by atoms with van der Waals surface area (Å²) in [7, 11) is 0. The number of carbonyl (C=O) groups excluding carboxylic acids is 3. The average Bonchev–Trinajstić information content (AvgIpc) is 3.25. The van der Waals surface area contributed by atoms with Crippen LogP contribution in [-0.4, -0.2) is 91.5 Å². The highest BCUT2D eigenvalue weighted by Gasteiger charge is 2.30. The fourth-order valence-corrected chi connectivity index (χ4v) is 2.62. The number of H-pyrrole nitrogens is 1. The van der Waals surface area contributed by atoms with Crippen LogP contribution < -0.4 is 21.7 Å². The van der Waals surface area contributed by atoms with Gasteiger partial charge in [0.25, 0.3) is 0 Å². The van der Waals surface area contributed by atoms with E-state index >= 15 is 0 Å². The molecule has 14 nitrogen and oxygen atoms in total. The summed E-state index contributed by atoms with van der Waals surface area (Å²) < 4.78 is 0. The van der Waals surface area contributed by atoms with Gasteiger partial charge in [0.15, 0.2) is 0 Å². The molecule has 4 atom stereocenters. The third-order valence-corrected chi connectivity index (χ3v) is 4.62. The molecule has 0 saturated heterocycles. The molecule has 1 aromatic rings. The standard InChI is InChI=1S/C17H26N6O8S/c18-9(6-32)14(27)21-10(1-2-13(25)26)15(28)22-11(3-8-4-19-7-20-8)16(29)23-12(5-24)17(30)31/h4,7,9-12,24,32H,1-3,5-6,18H2,(H,19,20)(H,21,27)(H,22,28)(H,23,29)(H,25,26)(H,30,31). The molecule has 0 aliphatic heterocycles. The molecule has 178 valence electrons. The van der Waals surface area contributed by atoms with Crippen molar-refractivity contribution in [2.24, 2.45) is 5.73 Å². The summed E-state index contributed by atoms with van der Waals surface area (Å²) in [6, 6.07) is -5.34. The number of aromatic amines is 1. The van der Waals surface area contributed by atoms with Crippen molar-refractivity contribution >= 4 is 42.3 Å². The maximum atomic E-state index is 12.8. The van der Waals surface area contributed by atoms with Gasteiger partial charge in [0.2, 0.25) is 17.7 Å². The molecule has 1 heterocycles. The Morgan fingerprint density at radius 3 is 2.12 bits per heavy atom. The van der Waals surface area contributed by atoms with Gasteiger partial charge >= 0.3 is 11.9 Å². The third-order valence-electron chi connectivity index (χ3n) is 4.22. The number of imidazole rings is 1. The Bertz CT molecular complexity index is 805. The van der Waals surface area contributed by atoms with Crippen LogP contribution in [0.2, 0.25) is 0 Å². The van der Waals surface area contributed by atoms with Crippen LogP contribution in [0.4, 0.5) is 0 Å². The van der Waals surface area contributed by atoms with Crippen molar-refractivity contribution in [3.05, 3.63) is 18.2 Å². The molecule has 9 N–H and O–H groups in total. The zero-order valence-electron chi connectivity index (χ0n) is 16.9. The molecule has 0 spiro atoms. The zero-order chi connectivity index (χ0) is 24.3. The van der Waals surface area contributed by atoms with Crippen molar-refractivity contribution < 1.29 is 39.3 Å². The van der Waals surface area contributed by atoms with E-state index in [1.54, 1.807) is 0 Å². The Balaban J connectivity index is 3.03. The topological polar surface area (TPSA) is 237 Å². The predicted molar refractivity (Wildman–Crippen MR) is 112 cm³/mol. The van der Waals surface area contributed by atoms with Crippen LogP contribution in [0, 0.1) is 0 Å². The zero-order valence-corrected chi connectivity index (χ0v) is 17.7. The second kappa shape index (κ2) is 13.3. The molecule has 0 radical (unpaired) electrons. The van der Waals surface area contributed by atoms with Crippen molar-refractivity contribution in [2.45, 2.75) is 43.4 Å². The number of nitrogens with zero attached hydrogens (tertiary/aromatic N) is 1. The SMILES string of the molecule is NC(CS)C(=O)NC(CCC(=O)O)C(=O)NC(Cc1cnc[nH]1)C(=O)NC(CO)C(=O)O. The van der Waals surface area contributed by atoms with Crippen LogP contribution in [0.5, 0.6) is 0 Å². The lowest BCUT2D eigenvalue weighted by Gasteiger charge is -2.24. The van der Waals surface area contributed by atoms with Gasteiger partial charge in [-0.05, 0) is 6.42 Å². The lowest BCUT2D eigenvalue weighted by Crippen LogP contribution is -2.58. The Hall–Kier alpha value is -3.17. The second-order valence-electron chi connectivity index (χ2n) is 6.71. The quantitative estimate of drug-likeness (QED) is 0.121. The van der Waals surface area contributed by atoms with Crippen LogP contribution in [-0.2, 0) is 30.4 Å². The van der Waals surface area contributed by atoms with E-state index in [0.29, 0.717) is 5.69 Å². The molecule has 4 unspecified atom stereocenters. The maximum Gasteiger partial charge on any atom is 0.328 e. The number of hydrogen-bond acceptors (Lipinski definition) is 9. The number of aliphatic carboxylic acids is 2. The fraction of sp³-hybridized carbons (Fsp3) is 0.529. The minimum absolute atomic E-state index is 0.0261. The summed E-state index contributed by atoms with van der Waals surface area (Å²) in [4.78, 5) is 66.0. The van der Waals surface area contributed by atoms with Gasteiger partial charge in [-0.2, -0.15) is 12.6 Å². The predicted octanol–water partition coefficient (Wildman–Crippen LogP) is -3.39. The van der Waals surface area contributed by atoms with Crippen molar-refractivity contribution in [3.63, 3.8) is 0 Å². The first kappa shape index (κ1) is 26.9. The number of nitrogens with one attached hydrogen (secondary N) is 4. The number of aromatic nitrogens is 2. The number of hydrogen-bond donors (Lipinski definition) is 9. The molecule has 1 aromatic heterocycles. The number of nitrogens with two attached hydrogens (primary N) is 1. The Labute approximate surface area is 187 Å². The molecular weight excluding hydrogens is 448 g/mol. The lowest BCUT2D eigenvalue weighted by molar-refractivity contribution is -0.143. The van der Waals surface area contributed by atoms with Gasteiger partial charge in [0, 0.05) is 30.5 Å². The monoisotopic (exact) mass is 474 g/mol. The molecule has 0 aromatic carbocycles. The van der Waals surface area contributed by atoms with E-state index in [2.05, 4.69) is 38.5 Å². The first-order valence-corrected chi connectivity index (χ1v) is 10.0. The molecule has 0 aliphatic rings. The largest absolute Gasteiger partial charge is 0.481 e. The molecule has 32 heavy (non-hydrogen) atoms. The Morgan fingerprint density at radius 2 is 1.62 bits per heavy atom. The van der Waals surface area contributed by atoms with E-state index in [0.717, 1.165) is 0 Å². The summed E-state index contributed by atoms with van der Waals surface area (Å²) in [5.74, 6) is -5.28. The van der Waals surface area contributed by atoms with Crippen LogP contribution in [0.15, 0.2) is 12.5 Å².